The Morgan fingerprint density at radius 3 is 1.88 bits per heavy atom. The molecular formula is C55H36N4. The highest BCUT2D eigenvalue weighted by molar-refractivity contribution is 6.10. The van der Waals surface area contributed by atoms with Crippen LogP contribution < -0.4 is 0 Å². The predicted molar refractivity (Wildman–Crippen MR) is 244 cm³/mol. The van der Waals surface area contributed by atoms with Crippen LogP contribution in [-0.2, 0) is 0 Å². The second-order valence-electron chi connectivity index (χ2n) is 14.9. The molecule has 4 aromatic heterocycles. The van der Waals surface area contributed by atoms with E-state index < -0.39 is 0 Å². The van der Waals surface area contributed by atoms with E-state index in [1.807, 2.05) is 36.8 Å². The largest absolute Gasteiger partial charge is 0.309 e. The van der Waals surface area contributed by atoms with E-state index >= 15 is 0 Å². The van der Waals surface area contributed by atoms with Crippen molar-refractivity contribution in [2.24, 2.45) is 0 Å². The monoisotopic (exact) mass is 752 g/mol. The average molecular weight is 753 g/mol. The molecule has 0 fully saturated rings. The van der Waals surface area contributed by atoms with Crippen LogP contribution in [0.15, 0.2) is 219 Å². The van der Waals surface area contributed by atoms with E-state index in [2.05, 4.69) is 197 Å². The number of hydrogen-bond donors (Lipinski definition) is 0. The van der Waals surface area contributed by atoms with Crippen LogP contribution in [0.5, 0.6) is 0 Å². The zero-order valence-corrected chi connectivity index (χ0v) is 32.1. The second-order valence-corrected chi connectivity index (χ2v) is 14.9. The standard InChI is InChI=1S/C55H36N4/c1-2-12-37(13-3-1)39-16-8-18-41(30-39)45-34-52(58-53(35-45)51-24-6-7-28-57-51)44-20-9-17-40(31-44)42-25-26-54-49(33-42)50-36-56-29-27-55(50)59(54)46-21-10-19-43(32-46)48-23-11-15-38-14-4-5-22-47(38)48/h1-36H. The Morgan fingerprint density at radius 2 is 1.00 bits per heavy atom. The number of hydrogen-bond acceptors (Lipinski definition) is 3. The van der Waals surface area contributed by atoms with Gasteiger partial charge in [-0.05, 0) is 122 Å². The summed E-state index contributed by atoms with van der Waals surface area (Å²) in [6, 6.07) is 71.2. The summed E-state index contributed by atoms with van der Waals surface area (Å²) in [5, 5.41) is 4.75. The SMILES string of the molecule is c1ccc(-c2cccc(-c3cc(-c4cccc(-c5ccc6c(c5)c5cnccc5n6-c5cccc(-c6cccc7ccccc67)c5)c4)nc(-c4ccccn4)c3)c2)cc1. The van der Waals surface area contributed by atoms with Crippen molar-refractivity contribution < 1.29 is 0 Å². The molecule has 0 saturated heterocycles. The minimum absolute atomic E-state index is 0.833. The second kappa shape index (κ2) is 14.5. The third kappa shape index (κ3) is 6.34. The molecule has 4 heteroatoms. The minimum Gasteiger partial charge on any atom is -0.309 e. The first-order chi connectivity index (χ1) is 29.2. The summed E-state index contributed by atoms with van der Waals surface area (Å²) in [7, 11) is 0. The highest BCUT2D eigenvalue weighted by Crippen LogP contribution is 2.38. The van der Waals surface area contributed by atoms with Crippen LogP contribution in [0.3, 0.4) is 0 Å². The average Bonchev–Trinajstić information content (AvgIpc) is 3.65. The Hall–Kier alpha value is -7.95. The van der Waals surface area contributed by atoms with E-state index in [4.69, 9.17) is 4.98 Å². The van der Waals surface area contributed by atoms with Crippen LogP contribution >= 0.6 is 0 Å². The van der Waals surface area contributed by atoms with Gasteiger partial charge < -0.3 is 4.57 Å². The molecule has 7 aromatic carbocycles. The maximum Gasteiger partial charge on any atom is 0.0899 e. The van der Waals surface area contributed by atoms with E-state index in [-0.39, 0.29) is 0 Å². The Labute approximate surface area is 342 Å². The Bertz CT molecular complexity index is 3320. The van der Waals surface area contributed by atoms with E-state index in [0.717, 1.165) is 72.4 Å². The molecule has 0 N–H and O–H groups in total. The molecule has 0 atom stereocenters. The van der Waals surface area contributed by atoms with Crippen LogP contribution in [-0.4, -0.2) is 19.5 Å². The minimum atomic E-state index is 0.833. The zero-order chi connectivity index (χ0) is 39.1. The number of rotatable bonds is 7. The fourth-order valence-electron chi connectivity index (χ4n) is 8.47. The molecule has 0 aliphatic heterocycles. The molecule has 0 bridgehead atoms. The topological polar surface area (TPSA) is 43.6 Å². The van der Waals surface area contributed by atoms with E-state index in [0.29, 0.717) is 0 Å². The molecule has 59 heavy (non-hydrogen) atoms. The molecule has 0 aliphatic carbocycles. The van der Waals surface area contributed by atoms with Crippen molar-refractivity contribution in [3.63, 3.8) is 0 Å². The molecule has 4 nitrogen and oxygen atoms in total. The highest BCUT2D eigenvalue weighted by atomic mass is 15.0. The fourth-order valence-corrected chi connectivity index (χ4v) is 8.47. The van der Waals surface area contributed by atoms with Gasteiger partial charge in [0.25, 0.3) is 0 Å². The normalized spacial score (nSPS) is 11.4. The lowest BCUT2D eigenvalue weighted by Crippen LogP contribution is -1.95. The lowest BCUT2D eigenvalue weighted by molar-refractivity contribution is 1.17. The van der Waals surface area contributed by atoms with Crippen molar-refractivity contribution in [3.05, 3.63) is 219 Å². The first-order valence-electron chi connectivity index (χ1n) is 19.9. The summed E-state index contributed by atoms with van der Waals surface area (Å²) in [5.74, 6) is 0. The lowest BCUT2D eigenvalue weighted by Gasteiger charge is -2.13. The quantitative estimate of drug-likeness (QED) is 0.163. The molecule has 0 amide bonds. The summed E-state index contributed by atoms with van der Waals surface area (Å²) in [4.78, 5) is 14.5. The number of fused-ring (bicyclic) bond motifs is 4. The summed E-state index contributed by atoms with van der Waals surface area (Å²) < 4.78 is 2.36. The van der Waals surface area contributed by atoms with Gasteiger partial charge in [0.2, 0.25) is 0 Å². The maximum atomic E-state index is 5.21. The van der Waals surface area contributed by atoms with Crippen LogP contribution in [0.4, 0.5) is 0 Å². The van der Waals surface area contributed by atoms with Gasteiger partial charge in [0, 0.05) is 40.6 Å². The first kappa shape index (κ1) is 34.3. The number of aromatic nitrogens is 4. The molecule has 0 spiro atoms. The van der Waals surface area contributed by atoms with Gasteiger partial charge in [-0.1, -0.05) is 133 Å². The molecule has 11 aromatic rings. The van der Waals surface area contributed by atoms with E-state index in [1.165, 1.54) is 33.0 Å². The number of benzene rings is 7. The van der Waals surface area contributed by atoms with Gasteiger partial charge in [0.05, 0.1) is 28.1 Å². The molecular weight excluding hydrogens is 717 g/mol. The van der Waals surface area contributed by atoms with Crippen LogP contribution in [0, 0.1) is 0 Å². The summed E-state index contributed by atoms with van der Waals surface area (Å²) in [5.41, 5.74) is 16.2. The van der Waals surface area contributed by atoms with E-state index in [9.17, 15) is 0 Å². The molecule has 0 aliphatic rings. The van der Waals surface area contributed by atoms with Crippen molar-refractivity contribution in [2.45, 2.75) is 0 Å². The molecule has 4 heterocycles. The Kier molecular flexibility index (Phi) is 8.45. The molecule has 0 unspecified atom stereocenters. The van der Waals surface area contributed by atoms with Crippen molar-refractivity contribution in [2.75, 3.05) is 0 Å². The maximum absolute atomic E-state index is 5.21. The third-order valence-corrected chi connectivity index (χ3v) is 11.3. The van der Waals surface area contributed by atoms with Gasteiger partial charge in [-0.3, -0.25) is 9.97 Å². The summed E-state index contributed by atoms with van der Waals surface area (Å²) in [6.45, 7) is 0. The first-order valence-corrected chi connectivity index (χ1v) is 19.9. The van der Waals surface area contributed by atoms with Gasteiger partial charge in [0.1, 0.15) is 0 Å². The van der Waals surface area contributed by atoms with Crippen molar-refractivity contribution in [3.8, 4) is 72.8 Å². The van der Waals surface area contributed by atoms with E-state index in [1.54, 1.807) is 0 Å². The Morgan fingerprint density at radius 1 is 0.339 bits per heavy atom. The van der Waals surface area contributed by atoms with Gasteiger partial charge in [-0.15, -0.1) is 0 Å². The molecule has 276 valence electrons. The van der Waals surface area contributed by atoms with Gasteiger partial charge in [-0.25, -0.2) is 4.98 Å². The van der Waals surface area contributed by atoms with Crippen molar-refractivity contribution >= 4 is 32.6 Å². The zero-order valence-electron chi connectivity index (χ0n) is 32.1. The van der Waals surface area contributed by atoms with Crippen LogP contribution in [0.1, 0.15) is 0 Å². The molecule has 0 saturated carbocycles. The molecule has 11 rings (SSSR count). The third-order valence-electron chi connectivity index (χ3n) is 11.3. The van der Waals surface area contributed by atoms with Crippen LogP contribution in [0.2, 0.25) is 0 Å². The lowest BCUT2D eigenvalue weighted by atomic mass is 9.96. The number of pyridine rings is 3. The van der Waals surface area contributed by atoms with Crippen molar-refractivity contribution in [1.82, 2.24) is 19.5 Å². The summed E-state index contributed by atoms with van der Waals surface area (Å²) >= 11 is 0. The van der Waals surface area contributed by atoms with Gasteiger partial charge >= 0.3 is 0 Å². The van der Waals surface area contributed by atoms with Crippen LogP contribution in [0.25, 0.3) is 105 Å². The number of nitrogens with zero attached hydrogens (tertiary/aromatic N) is 4. The fraction of sp³-hybridized carbons (Fsp3) is 0. The molecule has 0 radical (unpaired) electrons. The smallest absolute Gasteiger partial charge is 0.0899 e. The van der Waals surface area contributed by atoms with Gasteiger partial charge in [-0.2, -0.15) is 0 Å². The highest BCUT2D eigenvalue weighted by Gasteiger charge is 2.16. The van der Waals surface area contributed by atoms with Gasteiger partial charge in [0.15, 0.2) is 0 Å². The predicted octanol–water partition coefficient (Wildman–Crippen LogP) is 14.1. The summed E-state index contributed by atoms with van der Waals surface area (Å²) in [6.07, 6.45) is 5.70. The Balaban J connectivity index is 1.01. The van der Waals surface area contributed by atoms with Crippen molar-refractivity contribution in [1.29, 1.82) is 0 Å².